The molecule has 1 aromatic heterocycles. The molecule has 2 aliphatic rings. The standard InChI is InChI=1S/C26H28F4N6O/c1-3-36-25(32-22-13-19-15(2)31-24(37)20(19)12-21(22)27)33-23(34-36)18-6-4-16(5-7-18)17-8-10-35(11-9-17)14-26(28,29)30/h4-7,12-13,15,17H,3,8-11,14H2,1-2H3,(H,31,37)(H,32,33,34). The van der Waals surface area contributed by atoms with E-state index in [-0.39, 0.29) is 23.6 Å². The fourth-order valence-electron chi connectivity index (χ4n) is 5.07. The Bertz CT molecular complexity index is 1300. The first kappa shape index (κ1) is 25.2. The van der Waals surface area contributed by atoms with Gasteiger partial charge in [0.25, 0.3) is 5.91 Å². The van der Waals surface area contributed by atoms with Gasteiger partial charge in [-0.15, -0.1) is 5.10 Å². The summed E-state index contributed by atoms with van der Waals surface area (Å²) in [4.78, 5) is 18.0. The second-order valence-corrected chi connectivity index (χ2v) is 9.60. The van der Waals surface area contributed by atoms with Crippen LogP contribution < -0.4 is 10.6 Å². The number of aryl methyl sites for hydroxylation is 1. The van der Waals surface area contributed by atoms with Crippen LogP contribution in [0.3, 0.4) is 0 Å². The molecule has 7 nitrogen and oxygen atoms in total. The minimum Gasteiger partial charge on any atom is -0.345 e. The number of carbonyl (C=O) groups excluding carboxylic acids is 1. The maximum Gasteiger partial charge on any atom is 0.401 e. The van der Waals surface area contributed by atoms with Gasteiger partial charge in [0.1, 0.15) is 5.82 Å². The Hall–Kier alpha value is -3.47. The zero-order valence-electron chi connectivity index (χ0n) is 20.6. The Morgan fingerprint density at radius 1 is 1.14 bits per heavy atom. The van der Waals surface area contributed by atoms with Gasteiger partial charge in [-0.1, -0.05) is 24.3 Å². The molecule has 37 heavy (non-hydrogen) atoms. The highest BCUT2D eigenvalue weighted by molar-refractivity contribution is 5.99. The molecule has 2 aliphatic heterocycles. The number of carbonyl (C=O) groups is 1. The SMILES string of the molecule is CCn1nc(-c2ccc(C3CCN(CC(F)(F)F)CC3)cc2)nc1Nc1cc2c(cc1F)C(=O)NC2C. The predicted molar refractivity (Wildman–Crippen MR) is 131 cm³/mol. The Morgan fingerprint density at radius 3 is 2.49 bits per heavy atom. The molecule has 1 atom stereocenters. The van der Waals surface area contributed by atoms with Gasteiger partial charge in [-0.2, -0.15) is 18.2 Å². The van der Waals surface area contributed by atoms with Crippen molar-refractivity contribution >= 4 is 17.5 Å². The van der Waals surface area contributed by atoms with Gasteiger partial charge in [0.2, 0.25) is 5.95 Å². The van der Waals surface area contributed by atoms with Crippen LogP contribution in [0.4, 0.5) is 29.2 Å². The van der Waals surface area contributed by atoms with E-state index in [1.54, 1.807) is 10.7 Å². The van der Waals surface area contributed by atoms with E-state index >= 15 is 0 Å². The van der Waals surface area contributed by atoms with Gasteiger partial charge in [-0.3, -0.25) is 9.69 Å². The molecule has 3 heterocycles. The summed E-state index contributed by atoms with van der Waals surface area (Å²) in [7, 11) is 0. The van der Waals surface area contributed by atoms with Crippen molar-refractivity contribution in [2.24, 2.45) is 0 Å². The Labute approximate surface area is 211 Å². The van der Waals surface area contributed by atoms with E-state index < -0.39 is 18.5 Å². The lowest BCUT2D eigenvalue weighted by Crippen LogP contribution is -2.39. The summed E-state index contributed by atoms with van der Waals surface area (Å²) < 4.78 is 54.4. The second kappa shape index (κ2) is 9.77. The van der Waals surface area contributed by atoms with E-state index in [1.807, 2.05) is 38.1 Å². The van der Waals surface area contributed by atoms with Crippen LogP contribution in [0.2, 0.25) is 0 Å². The number of benzene rings is 2. The van der Waals surface area contributed by atoms with Crippen molar-refractivity contribution < 1.29 is 22.4 Å². The highest BCUT2D eigenvalue weighted by atomic mass is 19.4. The van der Waals surface area contributed by atoms with Crippen molar-refractivity contribution in [2.75, 3.05) is 25.0 Å². The average Bonchev–Trinajstić information content (AvgIpc) is 3.39. The number of rotatable bonds is 6. The Morgan fingerprint density at radius 2 is 1.84 bits per heavy atom. The molecule has 0 spiro atoms. The smallest absolute Gasteiger partial charge is 0.345 e. The summed E-state index contributed by atoms with van der Waals surface area (Å²) in [6, 6.07) is 10.4. The maximum absolute atomic E-state index is 14.8. The third-order valence-corrected chi connectivity index (χ3v) is 7.05. The first-order valence-corrected chi connectivity index (χ1v) is 12.4. The fraction of sp³-hybridized carbons (Fsp3) is 0.423. The van der Waals surface area contributed by atoms with Crippen molar-refractivity contribution in [2.45, 2.75) is 51.4 Å². The number of halogens is 4. The van der Waals surface area contributed by atoms with Gasteiger partial charge in [-0.25, -0.2) is 9.07 Å². The number of piperidine rings is 1. The van der Waals surface area contributed by atoms with Crippen LogP contribution >= 0.6 is 0 Å². The van der Waals surface area contributed by atoms with Gasteiger partial charge in [-0.05, 0) is 69.0 Å². The van der Waals surface area contributed by atoms with Crippen molar-refractivity contribution in [3.63, 3.8) is 0 Å². The molecule has 0 aliphatic carbocycles. The number of hydrogen-bond acceptors (Lipinski definition) is 5. The number of alkyl halides is 3. The van der Waals surface area contributed by atoms with Crippen molar-refractivity contribution in [3.8, 4) is 11.4 Å². The molecule has 0 radical (unpaired) electrons. The number of nitrogens with one attached hydrogen (secondary N) is 2. The number of anilines is 2. The normalized spacial score (nSPS) is 18.6. The second-order valence-electron chi connectivity index (χ2n) is 9.60. The van der Waals surface area contributed by atoms with Gasteiger partial charge in [0.15, 0.2) is 5.82 Å². The lowest BCUT2D eigenvalue weighted by Gasteiger charge is -2.32. The molecule has 196 valence electrons. The summed E-state index contributed by atoms with van der Waals surface area (Å²) >= 11 is 0. The molecule has 2 N–H and O–H groups in total. The van der Waals surface area contributed by atoms with Gasteiger partial charge in [0, 0.05) is 17.7 Å². The van der Waals surface area contributed by atoms with Crippen molar-refractivity contribution in [3.05, 3.63) is 58.9 Å². The number of nitrogens with zero attached hydrogens (tertiary/aromatic N) is 4. The summed E-state index contributed by atoms with van der Waals surface area (Å²) in [5.41, 5.74) is 3.13. The minimum absolute atomic E-state index is 0.210. The van der Waals surface area contributed by atoms with E-state index in [0.29, 0.717) is 49.8 Å². The largest absolute Gasteiger partial charge is 0.401 e. The summed E-state index contributed by atoms with van der Waals surface area (Å²) in [6.07, 6.45) is -2.81. The minimum atomic E-state index is -4.17. The van der Waals surface area contributed by atoms with Gasteiger partial charge < -0.3 is 10.6 Å². The molecule has 1 unspecified atom stereocenters. The van der Waals surface area contributed by atoms with E-state index in [2.05, 4.69) is 20.7 Å². The Kier molecular flexibility index (Phi) is 6.65. The van der Waals surface area contributed by atoms with E-state index in [9.17, 15) is 22.4 Å². The molecular formula is C26H28F4N6O. The lowest BCUT2D eigenvalue weighted by atomic mass is 9.89. The quantitative estimate of drug-likeness (QED) is 0.430. The predicted octanol–water partition coefficient (Wildman–Crippen LogP) is 5.39. The van der Waals surface area contributed by atoms with Gasteiger partial charge >= 0.3 is 6.18 Å². The molecule has 1 amide bonds. The zero-order valence-corrected chi connectivity index (χ0v) is 20.6. The number of aromatic nitrogens is 3. The zero-order chi connectivity index (χ0) is 26.3. The maximum atomic E-state index is 14.8. The van der Waals surface area contributed by atoms with E-state index in [0.717, 1.165) is 16.7 Å². The highest BCUT2D eigenvalue weighted by Gasteiger charge is 2.33. The molecule has 0 bridgehead atoms. The van der Waals surface area contributed by atoms with E-state index in [4.69, 9.17) is 0 Å². The van der Waals surface area contributed by atoms with Gasteiger partial charge in [0.05, 0.1) is 18.3 Å². The van der Waals surface area contributed by atoms with Crippen LogP contribution in [0, 0.1) is 5.82 Å². The number of hydrogen-bond donors (Lipinski definition) is 2. The lowest BCUT2D eigenvalue weighted by molar-refractivity contribution is -0.147. The molecule has 0 saturated carbocycles. The van der Waals surface area contributed by atoms with Crippen LogP contribution in [0.1, 0.15) is 60.1 Å². The van der Waals surface area contributed by atoms with Crippen molar-refractivity contribution in [1.29, 1.82) is 0 Å². The first-order chi connectivity index (χ1) is 17.6. The van der Waals surface area contributed by atoms with Crippen LogP contribution in [0.25, 0.3) is 11.4 Å². The topological polar surface area (TPSA) is 75.1 Å². The Balaban J connectivity index is 1.30. The molecule has 3 aromatic rings. The molecule has 1 saturated heterocycles. The molecule has 1 fully saturated rings. The molecule has 2 aromatic carbocycles. The van der Waals surface area contributed by atoms with E-state index in [1.165, 1.54) is 11.0 Å². The van der Waals surface area contributed by atoms with Crippen LogP contribution in [0.5, 0.6) is 0 Å². The average molecular weight is 517 g/mol. The third kappa shape index (κ3) is 5.31. The van der Waals surface area contributed by atoms with Crippen molar-refractivity contribution in [1.82, 2.24) is 25.0 Å². The highest BCUT2D eigenvalue weighted by Crippen LogP contribution is 2.33. The number of likely N-dealkylation sites (tertiary alicyclic amines) is 1. The summed E-state index contributed by atoms with van der Waals surface area (Å²) in [6.45, 7) is 4.24. The first-order valence-electron chi connectivity index (χ1n) is 12.4. The fourth-order valence-corrected chi connectivity index (χ4v) is 5.07. The molecular weight excluding hydrogens is 488 g/mol. The summed E-state index contributed by atoms with van der Waals surface area (Å²) in [5.74, 6) is 0.219. The molecule has 5 rings (SSSR count). The number of amides is 1. The third-order valence-electron chi connectivity index (χ3n) is 7.05. The van der Waals surface area contributed by atoms with Crippen LogP contribution in [0.15, 0.2) is 36.4 Å². The van der Waals surface area contributed by atoms with Crippen LogP contribution in [-0.2, 0) is 6.54 Å². The number of fused-ring (bicyclic) bond motifs is 1. The monoisotopic (exact) mass is 516 g/mol. The van der Waals surface area contributed by atoms with Crippen LogP contribution in [-0.4, -0.2) is 51.4 Å². The molecule has 11 heteroatoms. The summed E-state index contributed by atoms with van der Waals surface area (Å²) in [5, 5.41) is 10.3.